The Morgan fingerprint density at radius 2 is 2.44 bits per heavy atom. The summed E-state index contributed by atoms with van der Waals surface area (Å²) in [5, 5.41) is 12.4. The Hall–Kier alpha value is -0.120. The van der Waals surface area contributed by atoms with Crippen molar-refractivity contribution in [3.8, 4) is 0 Å². The Morgan fingerprint density at radius 1 is 1.78 bits per heavy atom. The quantitative estimate of drug-likeness (QED) is 0.396. The van der Waals surface area contributed by atoms with Crippen LogP contribution in [0, 0.1) is 0 Å². The van der Waals surface area contributed by atoms with Crippen LogP contribution in [-0.2, 0) is 0 Å². The summed E-state index contributed by atoms with van der Waals surface area (Å²) in [4.78, 5) is 0. The second kappa shape index (κ2) is 2.25. The van der Waals surface area contributed by atoms with Gasteiger partial charge in [0, 0.05) is 6.54 Å². The van der Waals surface area contributed by atoms with Gasteiger partial charge in [0.15, 0.2) is 0 Å². The largest absolute Gasteiger partial charge is 0.391 e. The van der Waals surface area contributed by atoms with Gasteiger partial charge in [-0.3, -0.25) is 0 Å². The fourth-order valence-corrected chi connectivity index (χ4v) is 1.04. The first-order chi connectivity index (χ1) is 4.13. The fraction of sp³-hybridized carbons (Fsp3) is 1.00. The molecule has 54 valence electrons. The molecule has 0 amide bonds. The number of nitrogens with one attached hydrogen (secondary N) is 1. The standard InChI is InChI=1S/C6H14N2O/c1-6(7)4-8-3-2-5(6)9/h5,8-9H,2-4,7H2,1H3. The number of rotatable bonds is 0. The van der Waals surface area contributed by atoms with E-state index in [4.69, 9.17) is 5.73 Å². The van der Waals surface area contributed by atoms with Crippen LogP contribution in [0.1, 0.15) is 13.3 Å². The molecule has 1 rings (SSSR count). The Bertz CT molecular complexity index is 103. The van der Waals surface area contributed by atoms with Crippen LogP contribution in [0.2, 0.25) is 0 Å². The highest BCUT2D eigenvalue weighted by atomic mass is 16.3. The molecule has 9 heavy (non-hydrogen) atoms. The molecule has 1 heterocycles. The molecule has 1 aliphatic rings. The second-order valence-electron chi connectivity index (χ2n) is 2.99. The van der Waals surface area contributed by atoms with Gasteiger partial charge < -0.3 is 16.2 Å². The average Bonchev–Trinajstić information content (AvgIpc) is 1.77. The first kappa shape index (κ1) is 6.99. The molecule has 2 unspecified atom stereocenters. The SMILES string of the molecule is CC1(N)CNCCC1O. The molecule has 3 heteroatoms. The Kier molecular flexibility index (Phi) is 1.75. The Labute approximate surface area is 55.2 Å². The summed E-state index contributed by atoms with van der Waals surface area (Å²) in [7, 11) is 0. The number of nitrogens with two attached hydrogens (primary N) is 1. The van der Waals surface area contributed by atoms with Gasteiger partial charge in [-0.1, -0.05) is 0 Å². The van der Waals surface area contributed by atoms with Crippen LogP contribution >= 0.6 is 0 Å². The van der Waals surface area contributed by atoms with Gasteiger partial charge in [0.1, 0.15) is 0 Å². The number of aliphatic hydroxyl groups is 1. The third kappa shape index (κ3) is 1.41. The van der Waals surface area contributed by atoms with Gasteiger partial charge in [0.25, 0.3) is 0 Å². The highest BCUT2D eigenvalue weighted by Crippen LogP contribution is 2.11. The summed E-state index contributed by atoms with van der Waals surface area (Å²) in [5.74, 6) is 0. The topological polar surface area (TPSA) is 58.3 Å². The normalized spacial score (nSPS) is 45.0. The van der Waals surface area contributed by atoms with Crippen LogP contribution in [0.5, 0.6) is 0 Å². The van der Waals surface area contributed by atoms with Gasteiger partial charge >= 0.3 is 0 Å². The number of hydrogen-bond donors (Lipinski definition) is 3. The maximum Gasteiger partial charge on any atom is 0.0741 e. The fourth-order valence-electron chi connectivity index (χ4n) is 1.04. The van der Waals surface area contributed by atoms with E-state index < -0.39 is 5.54 Å². The van der Waals surface area contributed by atoms with Crippen molar-refractivity contribution in [2.75, 3.05) is 13.1 Å². The van der Waals surface area contributed by atoms with Crippen LogP contribution in [0.25, 0.3) is 0 Å². The second-order valence-corrected chi connectivity index (χ2v) is 2.99. The van der Waals surface area contributed by atoms with Crippen molar-refractivity contribution >= 4 is 0 Å². The van der Waals surface area contributed by atoms with Crippen molar-refractivity contribution in [3.05, 3.63) is 0 Å². The summed E-state index contributed by atoms with van der Waals surface area (Å²) >= 11 is 0. The molecule has 0 saturated carbocycles. The lowest BCUT2D eigenvalue weighted by Gasteiger charge is -2.35. The van der Waals surface area contributed by atoms with Crippen molar-refractivity contribution in [1.29, 1.82) is 0 Å². The van der Waals surface area contributed by atoms with Crippen molar-refractivity contribution in [2.45, 2.75) is 25.0 Å². The van der Waals surface area contributed by atoms with Gasteiger partial charge in [-0.05, 0) is 19.9 Å². The van der Waals surface area contributed by atoms with Crippen molar-refractivity contribution in [1.82, 2.24) is 5.32 Å². The van der Waals surface area contributed by atoms with Gasteiger partial charge in [-0.2, -0.15) is 0 Å². The van der Waals surface area contributed by atoms with E-state index in [9.17, 15) is 5.11 Å². The van der Waals surface area contributed by atoms with E-state index in [1.807, 2.05) is 6.92 Å². The molecule has 3 nitrogen and oxygen atoms in total. The Balaban J connectivity index is 2.49. The summed E-state index contributed by atoms with van der Waals surface area (Å²) in [6.45, 7) is 3.46. The van der Waals surface area contributed by atoms with E-state index in [-0.39, 0.29) is 6.10 Å². The zero-order valence-electron chi connectivity index (χ0n) is 5.72. The number of piperidine rings is 1. The van der Waals surface area contributed by atoms with Gasteiger partial charge in [-0.25, -0.2) is 0 Å². The molecule has 1 saturated heterocycles. The molecule has 2 atom stereocenters. The summed E-state index contributed by atoms with van der Waals surface area (Å²) < 4.78 is 0. The molecule has 0 spiro atoms. The molecular weight excluding hydrogens is 116 g/mol. The van der Waals surface area contributed by atoms with Crippen molar-refractivity contribution in [2.24, 2.45) is 5.73 Å². The van der Waals surface area contributed by atoms with Crippen molar-refractivity contribution in [3.63, 3.8) is 0 Å². The zero-order valence-corrected chi connectivity index (χ0v) is 5.72. The van der Waals surface area contributed by atoms with Crippen LogP contribution in [0.15, 0.2) is 0 Å². The average molecular weight is 130 g/mol. The monoisotopic (exact) mass is 130 g/mol. The van der Waals surface area contributed by atoms with E-state index >= 15 is 0 Å². The number of aliphatic hydroxyl groups excluding tert-OH is 1. The lowest BCUT2D eigenvalue weighted by Crippen LogP contribution is -2.59. The number of hydrogen-bond acceptors (Lipinski definition) is 3. The highest BCUT2D eigenvalue weighted by molar-refractivity contribution is 4.92. The molecule has 0 aromatic rings. The molecule has 0 aliphatic carbocycles. The molecule has 0 aromatic carbocycles. The molecular formula is C6H14N2O. The third-order valence-corrected chi connectivity index (χ3v) is 1.86. The predicted molar refractivity (Wildman–Crippen MR) is 36.1 cm³/mol. The van der Waals surface area contributed by atoms with Crippen LogP contribution in [0.4, 0.5) is 0 Å². The molecule has 0 bridgehead atoms. The molecule has 1 fully saturated rings. The van der Waals surface area contributed by atoms with Crippen molar-refractivity contribution < 1.29 is 5.11 Å². The first-order valence-electron chi connectivity index (χ1n) is 3.30. The summed E-state index contributed by atoms with van der Waals surface area (Å²) in [6, 6.07) is 0. The molecule has 4 N–H and O–H groups in total. The van der Waals surface area contributed by atoms with Gasteiger partial charge in [0.05, 0.1) is 11.6 Å². The van der Waals surface area contributed by atoms with Crippen LogP contribution < -0.4 is 11.1 Å². The maximum absolute atomic E-state index is 9.27. The van der Waals surface area contributed by atoms with E-state index in [1.54, 1.807) is 0 Å². The maximum atomic E-state index is 9.27. The zero-order chi connectivity index (χ0) is 6.91. The summed E-state index contributed by atoms with van der Waals surface area (Å²) in [5.41, 5.74) is 5.29. The van der Waals surface area contributed by atoms with E-state index in [0.29, 0.717) is 6.54 Å². The first-order valence-corrected chi connectivity index (χ1v) is 3.30. The van der Waals surface area contributed by atoms with Gasteiger partial charge in [-0.15, -0.1) is 0 Å². The van der Waals surface area contributed by atoms with Gasteiger partial charge in [0.2, 0.25) is 0 Å². The molecule has 0 radical (unpaired) electrons. The van der Waals surface area contributed by atoms with E-state index in [2.05, 4.69) is 5.32 Å². The minimum absolute atomic E-state index is 0.334. The lowest BCUT2D eigenvalue weighted by molar-refractivity contribution is 0.0665. The van der Waals surface area contributed by atoms with Crippen LogP contribution in [0.3, 0.4) is 0 Å². The Morgan fingerprint density at radius 3 is 2.78 bits per heavy atom. The van der Waals surface area contributed by atoms with E-state index in [1.165, 1.54) is 0 Å². The molecule has 1 aliphatic heterocycles. The minimum Gasteiger partial charge on any atom is -0.391 e. The van der Waals surface area contributed by atoms with E-state index in [0.717, 1.165) is 13.0 Å². The highest BCUT2D eigenvalue weighted by Gasteiger charge is 2.30. The smallest absolute Gasteiger partial charge is 0.0741 e. The van der Waals surface area contributed by atoms with Crippen LogP contribution in [-0.4, -0.2) is 29.8 Å². The molecule has 0 aromatic heterocycles. The minimum atomic E-state index is -0.418. The predicted octanol–water partition coefficient (Wildman–Crippen LogP) is -0.942. The summed E-state index contributed by atoms with van der Waals surface area (Å²) in [6.07, 6.45) is 0.436. The lowest BCUT2D eigenvalue weighted by atomic mass is 9.91. The third-order valence-electron chi connectivity index (χ3n) is 1.86.